The highest BCUT2D eigenvalue weighted by Gasteiger charge is 2.26. The van der Waals surface area contributed by atoms with E-state index in [1.165, 1.54) is 0 Å². The zero-order valence-corrected chi connectivity index (χ0v) is 9.76. The predicted molar refractivity (Wildman–Crippen MR) is 64.4 cm³/mol. The van der Waals surface area contributed by atoms with Crippen molar-refractivity contribution in [1.29, 1.82) is 0 Å². The molecule has 0 radical (unpaired) electrons. The zero-order valence-electron chi connectivity index (χ0n) is 8.87. The largest absolute Gasteiger partial charge is 0.332 e. The first-order chi connectivity index (χ1) is 7.50. The summed E-state index contributed by atoms with van der Waals surface area (Å²) in [6.45, 7) is 1.56. The first-order valence-corrected chi connectivity index (χ1v) is 6.71. The molecule has 16 heavy (non-hydrogen) atoms. The van der Waals surface area contributed by atoms with E-state index >= 15 is 0 Å². The van der Waals surface area contributed by atoms with Gasteiger partial charge >= 0.3 is 7.60 Å². The van der Waals surface area contributed by atoms with Crippen LogP contribution in [0.2, 0.25) is 0 Å². The van der Waals surface area contributed by atoms with Crippen LogP contribution in [0.25, 0.3) is 10.8 Å². The van der Waals surface area contributed by atoms with Crippen molar-refractivity contribution < 1.29 is 14.4 Å². The summed E-state index contributed by atoms with van der Waals surface area (Å²) in [6, 6.07) is 13.1. The van der Waals surface area contributed by atoms with Gasteiger partial charge in [0.25, 0.3) is 0 Å². The molecule has 0 aromatic heterocycles. The summed E-state index contributed by atoms with van der Waals surface area (Å²) in [5, 5.41) is 1.90. The summed E-state index contributed by atoms with van der Waals surface area (Å²) in [7, 11) is -4.08. The Hall–Kier alpha value is -1.15. The summed E-state index contributed by atoms with van der Waals surface area (Å²) in [6.07, 6.45) is 0. The maximum Gasteiger partial charge on any atom is 0.332 e. The molecule has 0 aliphatic carbocycles. The molecular formula is C12H13O3P. The molecule has 84 valence electrons. The van der Waals surface area contributed by atoms with Gasteiger partial charge < -0.3 is 9.79 Å². The van der Waals surface area contributed by atoms with E-state index in [9.17, 15) is 14.4 Å². The SMILES string of the molecule is CC(c1cccc2ccccc12)P(=O)(O)O. The van der Waals surface area contributed by atoms with Crippen LogP contribution < -0.4 is 0 Å². The fourth-order valence-corrected chi connectivity index (χ4v) is 2.38. The van der Waals surface area contributed by atoms with Crippen LogP contribution in [0.3, 0.4) is 0 Å². The van der Waals surface area contributed by atoms with Crippen LogP contribution in [-0.4, -0.2) is 9.79 Å². The number of hydrogen-bond donors (Lipinski definition) is 2. The monoisotopic (exact) mass is 236 g/mol. The molecular weight excluding hydrogens is 223 g/mol. The van der Waals surface area contributed by atoms with Crippen LogP contribution >= 0.6 is 7.60 Å². The lowest BCUT2D eigenvalue weighted by atomic mass is 10.0. The Balaban J connectivity index is 2.65. The molecule has 2 N–H and O–H groups in total. The molecule has 2 aromatic carbocycles. The molecule has 0 amide bonds. The highest BCUT2D eigenvalue weighted by atomic mass is 31.2. The van der Waals surface area contributed by atoms with Crippen LogP contribution in [0, 0.1) is 0 Å². The van der Waals surface area contributed by atoms with Gasteiger partial charge in [-0.3, -0.25) is 4.57 Å². The fraction of sp³-hybridized carbons (Fsp3) is 0.167. The molecule has 0 spiro atoms. The third-order valence-electron chi connectivity index (χ3n) is 2.78. The molecule has 2 aromatic rings. The van der Waals surface area contributed by atoms with Gasteiger partial charge in [0.2, 0.25) is 0 Å². The van der Waals surface area contributed by atoms with Crippen molar-refractivity contribution in [1.82, 2.24) is 0 Å². The molecule has 1 unspecified atom stereocenters. The summed E-state index contributed by atoms with van der Waals surface area (Å²) in [5.74, 6) is 0. The fourth-order valence-electron chi connectivity index (χ4n) is 1.80. The molecule has 3 nitrogen and oxygen atoms in total. The van der Waals surface area contributed by atoms with Gasteiger partial charge in [0, 0.05) is 0 Å². The maximum atomic E-state index is 11.3. The van der Waals surface area contributed by atoms with E-state index in [1.807, 2.05) is 36.4 Å². The van der Waals surface area contributed by atoms with Crippen LogP contribution in [0.1, 0.15) is 18.1 Å². The van der Waals surface area contributed by atoms with E-state index in [2.05, 4.69) is 0 Å². The molecule has 0 saturated carbocycles. The van der Waals surface area contributed by atoms with Gasteiger partial charge in [0.15, 0.2) is 0 Å². The normalized spacial score (nSPS) is 13.9. The average molecular weight is 236 g/mol. The van der Waals surface area contributed by atoms with E-state index in [0.29, 0.717) is 5.56 Å². The minimum atomic E-state index is -4.08. The van der Waals surface area contributed by atoms with Gasteiger partial charge in [-0.15, -0.1) is 0 Å². The minimum absolute atomic E-state index is 0.700. The standard InChI is InChI=1S/C12H13O3P/c1-9(16(13,14)15)11-8-4-6-10-5-2-3-7-12(10)11/h2-9H,1H3,(H2,13,14,15). The van der Waals surface area contributed by atoms with E-state index in [4.69, 9.17) is 0 Å². The Labute approximate surface area is 93.9 Å². The van der Waals surface area contributed by atoms with Crippen molar-refractivity contribution in [3.63, 3.8) is 0 Å². The Kier molecular flexibility index (Phi) is 2.85. The van der Waals surface area contributed by atoms with E-state index in [-0.39, 0.29) is 0 Å². The molecule has 0 aliphatic rings. The quantitative estimate of drug-likeness (QED) is 0.788. The third kappa shape index (κ3) is 2.03. The van der Waals surface area contributed by atoms with Crippen LogP contribution in [-0.2, 0) is 4.57 Å². The molecule has 2 rings (SSSR count). The molecule has 0 fully saturated rings. The highest BCUT2D eigenvalue weighted by molar-refractivity contribution is 7.52. The molecule has 0 bridgehead atoms. The summed E-state index contributed by atoms with van der Waals surface area (Å²) in [4.78, 5) is 18.4. The minimum Gasteiger partial charge on any atom is -0.324 e. The predicted octanol–water partition coefficient (Wildman–Crippen LogP) is 3.08. The van der Waals surface area contributed by atoms with Crippen molar-refractivity contribution in [2.24, 2.45) is 0 Å². The maximum absolute atomic E-state index is 11.3. The first-order valence-electron chi connectivity index (χ1n) is 5.03. The zero-order chi connectivity index (χ0) is 11.8. The van der Waals surface area contributed by atoms with E-state index in [1.54, 1.807) is 13.0 Å². The van der Waals surface area contributed by atoms with E-state index in [0.717, 1.165) is 10.8 Å². The van der Waals surface area contributed by atoms with Crippen molar-refractivity contribution in [3.05, 3.63) is 48.0 Å². The van der Waals surface area contributed by atoms with Gasteiger partial charge in [-0.25, -0.2) is 0 Å². The first kappa shape index (κ1) is 11.3. The van der Waals surface area contributed by atoms with Gasteiger partial charge in [0.05, 0.1) is 5.66 Å². The Morgan fingerprint density at radius 1 is 1.06 bits per heavy atom. The number of fused-ring (bicyclic) bond motifs is 1. The number of benzene rings is 2. The molecule has 0 heterocycles. The van der Waals surface area contributed by atoms with Crippen molar-refractivity contribution >= 4 is 18.4 Å². The van der Waals surface area contributed by atoms with Crippen LogP contribution in [0.4, 0.5) is 0 Å². The topological polar surface area (TPSA) is 57.5 Å². The van der Waals surface area contributed by atoms with Gasteiger partial charge in [-0.1, -0.05) is 42.5 Å². The van der Waals surface area contributed by atoms with Gasteiger partial charge in [-0.2, -0.15) is 0 Å². The second-order valence-corrected chi connectivity index (χ2v) is 5.79. The third-order valence-corrected chi connectivity index (χ3v) is 4.07. The number of rotatable bonds is 2. The lowest BCUT2D eigenvalue weighted by molar-refractivity contribution is 0.362. The average Bonchev–Trinajstić information content (AvgIpc) is 2.26. The van der Waals surface area contributed by atoms with Crippen LogP contribution in [0.5, 0.6) is 0 Å². The summed E-state index contributed by atoms with van der Waals surface area (Å²) in [5.41, 5.74) is -0.0648. The summed E-state index contributed by atoms with van der Waals surface area (Å²) < 4.78 is 11.3. The van der Waals surface area contributed by atoms with Gasteiger partial charge in [0.1, 0.15) is 0 Å². The Morgan fingerprint density at radius 2 is 1.69 bits per heavy atom. The molecule has 0 saturated heterocycles. The lowest BCUT2D eigenvalue weighted by Gasteiger charge is -2.15. The number of hydrogen-bond acceptors (Lipinski definition) is 1. The Bertz CT molecular complexity index is 554. The second kappa shape index (κ2) is 4.02. The smallest absolute Gasteiger partial charge is 0.324 e. The van der Waals surface area contributed by atoms with Crippen molar-refractivity contribution in [2.45, 2.75) is 12.6 Å². The second-order valence-electron chi connectivity index (χ2n) is 3.83. The van der Waals surface area contributed by atoms with Gasteiger partial charge in [-0.05, 0) is 23.3 Å². The van der Waals surface area contributed by atoms with Crippen molar-refractivity contribution in [2.75, 3.05) is 0 Å². The lowest BCUT2D eigenvalue weighted by Crippen LogP contribution is -1.95. The van der Waals surface area contributed by atoms with Crippen LogP contribution in [0.15, 0.2) is 42.5 Å². The highest BCUT2D eigenvalue weighted by Crippen LogP contribution is 2.52. The summed E-state index contributed by atoms with van der Waals surface area (Å²) >= 11 is 0. The molecule has 0 aliphatic heterocycles. The molecule has 1 atom stereocenters. The van der Waals surface area contributed by atoms with Crippen molar-refractivity contribution in [3.8, 4) is 0 Å². The molecule has 4 heteroatoms. The Morgan fingerprint density at radius 3 is 2.38 bits per heavy atom. The van der Waals surface area contributed by atoms with E-state index < -0.39 is 13.3 Å².